The van der Waals surface area contributed by atoms with Gasteiger partial charge in [-0.05, 0) is 24.3 Å². The van der Waals surface area contributed by atoms with E-state index >= 15 is 0 Å². The Bertz CT molecular complexity index is 588. The van der Waals surface area contributed by atoms with E-state index in [4.69, 9.17) is 0 Å². The fraction of sp³-hybridized carbons (Fsp3) is 0.375. The van der Waals surface area contributed by atoms with Gasteiger partial charge >= 0.3 is 0 Å². The van der Waals surface area contributed by atoms with Crippen molar-refractivity contribution in [2.75, 3.05) is 39.3 Å². The maximum absolute atomic E-state index is 12.1. The monoisotopic (exact) mass is 299 g/mol. The molecule has 1 amide bonds. The summed E-state index contributed by atoms with van der Waals surface area (Å²) in [6.07, 6.45) is 5.35. The van der Waals surface area contributed by atoms with Crippen molar-refractivity contribution in [2.24, 2.45) is 0 Å². The topological polar surface area (TPSA) is 62.2 Å². The van der Waals surface area contributed by atoms with Gasteiger partial charge in [0.1, 0.15) is 0 Å². The number of nitrogens with one attached hydrogen (secondary N) is 2. The first kappa shape index (κ1) is 14.7. The van der Waals surface area contributed by atoms with Crippen LogP contribution in [0.2, 0.25) is 0 Å². The van der Waals surface area contributed by atoms with Gasteiger partial charge in [-0.3, -0.25) is 9.69 Å². The van der Waals surface area contributed by atoms with Crippen molar-refractivity contribution in [1.29, 1.82) is 0 Å². The van der Waals surface area contributed by atoms with Crippen molar-refractivity contribution in [2.45, 2.75) is 0 Å². The molecule has 1 aromatic carbocycles. The largest absolute Gasteiger partial charge is 0.351 e. The fourth-order valence-electron chi connectivity index (χ4n) is 2.56. The summed E-state index contributed by atoms with van der Waals surface area (Å²) in [5.74, 6) is -0.0210. The molecule has 6 nitrogen and oxygen atoms in total. The lowest BCUT2D eigenvalue weighted by Crippen LogP contribution is -2.46. The van der Waals surface area contributed by atoms with Crippen LogP contribution in [0.3, 0.4) is 0 Å². The predicted octanol–water partition coefficient (Wildman–Crippen LogP) is 0.507. The molecule has 1 fully saturated rings. The minimum Gasteiger partial charge on any atom is -0.351 e. The number of nitrogens with zero attached hydrogens (tertiary/aromatic N) is 3. The van der Waals surface area contributed by atoms with Crippen molar-refractivity contribution in [3.8, 4) is 5.69 Å². The zero-order valence-corrected chi connectivity index (χ0v) is 12.5. The summed E-state index contributed by atoms with van der Waals surface area (Å²) in [5, 5.41) is 6.30. The summed E-state index contributed by atoms with van der Waals surface area (Å²) in [6, 6.07) is 7.53. The molecule has 1 aliphatic heterocycles. The van der Waals surface area contributed by atoms with Crippen molar-refractivity contribution >= 4 is 5.91 Å². The lowest BCUT2D eigenvalue weighted by Gasteiger charge is -2.27. The SMILES string of the molecule is O=C(NCCN1CCNCC1)c1ccc(-n2ccnc2)cc1. The molecule has 1 aromatic heterocycles. The summed E-state index contributed by atoms with van der Waals surface area (Å²) >= 11 is 0. The second-order valence-corrected chi connectivity index (χ2v) is 5.36. The molecule has 0 atom stereocenters. The number of rotatable bonds is 5. The standard InChI is InChI=1S/C16H21N5O/c22-16(19-8-11-20-9-5-17-6-10-20)14-1-3-15(4-2-14)21-12-7-18-13-21/h1-4,7,12-13,17H,5-6,8-11H2,(H,19,22). The molecule has 0 spiro atoms. The predicted molar refractivity (Wildman–Crippen MR) is 85.2 cm³/mol. The van der Waals surface area contributed by atoms with E-state index in [9.17, 15) is 4.79 Å². The van der Waals surface area contributed by atoms with Gasteiger partial charge in [0, 0.05) is 62.9 Å². The van der Waals surface area contributed by atoms with Crippen LogP contribution in [0.25, 0.3) is 5.69 Å². The zero-order valence-electron chi connectivity index (χ0n) is 12.5. The van der Waals surface area contributed by atoms with Gasteiger partial charge in [-0.1, -0.05) is 0 Å². The molecular weight excluding hydrogens is 278 g/mol. The van der Waals surface area contributed by atoms with E-state index in [1.165, 1.54) is 0 Å². The van der Waals surface area contributed by atoms with Crippen LogP contribution in [-0.4, -0.2) is 59.6 Å². The van der Waals surface area contributed by atoms with E-state index in [2.05, 4.69) is 20.5 Å². The highest BCUT2D eigenvalue weighted by molar-refractivity contribution is 5.94. The van der Waals surface area contributed by atoms with Gasteiger partial charge in [0.2, 0.25) is 0 Å². The molecule has 0 unspecified atom stereocenters. The molecule has 3 rings (SSSR count). The summed E-state index contributed by atoms with van der Waals surface area (Å²) in [4.78, 5) is 18.5. The molecule has 6 heteroatoms. The molecule has 1 saturated heterocycles. The maximum atomic E-state index is 12.1. The van der Waals surface area contributed by atoms with Gasteiger partial charge in [-0.2, -0.15) is 0 Å². The summed E-state index contributed by atoms with van der Waals surface area (Å²) in [7, 11) is 0. The first-order chi connectivity index (χ1) is 10.8. The van der Waals surface area contributed by atoms with E-state index in [1.54, 1.807) is 12.5 Å². The number of carbonyl (C=O) groups excluding carboxylic acids is 1. The number of aromatic nitrogens is 2. The highest BCUT2D eigenvalue weighted by Gasteiger charge is 2.10. The first-order valence-electron chi connectivity index (χ1n) is 7.62. The van der Waals surface area contributed by atoms with Crippen LogP contribution in [0.1, 0.15) is 10.4 Å². The average Bonchev–Trinajstić information content (AvgIpc) is 3.10. The van der Waals surface area contributed by atoms with Crippen LogP contribution < -0.4 is 10.6 Å². The van der Waals surface area contributed by atoms with Crippen LogP contribution in [0.5, 0.6) is 0 Å². The number of hydrogen-bond acceptors (Lipinski definition) is 4. The van der Waals surface area contributed by atoms with Crippen molar-refractivity contribution in [3.63, 3.8) is 0 Å². The lowest BCUT2D eigenvalue weighted by molar-refractivity contribution is 0.0947. The van der Waals surface area contributed by atoms with Crippen LogP contribution >= 0.6 is 0 Å². The van der Waals surface area contributed by atoms with E-state index in [0.717, 1.165) is 38.4 Å². The molecule has 22 heavy (non-hydrogen) atoms. The molecule has 2 heterocycles. The highest BCUT2D eigenvalue weighted by Crippen LogP contribution is 2.09. The number of imidazole rings is 1. The Morgan fingerprint density at radius 1 is 1.23 bits per heavy atom. The number of amides is 1. The number of hydrogen-bond donors (Lipinski definition) is 2. The maximum Gasteiger partial charge on any atom is 0.251 e. The van der Waals surface area contributed by atoms with Gasteiger partial charge in [0.25, 0.3) is 5.91 Å². The molecule has 2 N–H and O–H groups in total. The molecule has 116 valence electrons. The van der Waals surface area contributed by atoms with Gasteiger partial charge in [0.05, 0.1) is 6.33 Å². The van der Waals surface area contributed by atoms with Crippen LogP contribution in [-0.2, 0) is 0 Å². The second kappa shape index (κ2) is 7.20. The Kier molecular flexibility index (Phi) is 4.82. The quantitative estimate of drug-likeness (QED) is 0.844. The normalized spacial score (nSPS) is 15.6. The molecule has 0 saturated carbocycles. The van der Waals surface area contributed by atoms with E-state index in [0.29, 0.717) is 12.1 Å². The third kappa shape index (κ3) is 3.72. The Balaban J connectivity index is 1.49. The minimum atomic E-state index is -0.0210. The van der Waals surface area contributed by atoms with Crippen LogP contribution in [0.15, 0.2) is 43.0 Å². The van der Waals surface area contributed by atoms with E-state index in [1.807, 2.05) is 35.0 Å². The Hall–Kier alpha value is -2.18. The lowest BCUT2D eigenvalue weighted by atomic mass is 10.2. The van der Waals surface area contributed by atoms with Gasteiger partial charge in [-0.25, -0.2) is 4.98 Å². The summed E-state index contributed by atoms with van der Waals surface area (Å²) in [5.41, 5.74) is 1.68. The third-order valence-electron chi connectivity index (χ3n) is 3.86. The molecule has 1 aliphatic rings. The zero-order chi connectivity index (χ0) is 15.2. The van der Waals surface area contributed by atoms with Crippen molar-refractivity contribution in [3.05, 3.63) is 48.5 Å². The van der Waals surface area contributed by atoms with Gasteiger partial charge in [0.15, 0.2) is 0 Å². The molecule has 0 aliphatic carbocycles. The minimum absolute atomic E-state index is 0.0210. The summed E-state index contributed by atoms with van der Waals surface area (Å²) in [6.45, 7) is 5.75. The molecule has 0 bridgehead atoms. The van der Waals surface area contributed by atoms with E-state index in [-0.39, 0.29) is 5.91 Å². The Labute approximate surface area is 130 Å². The highest BCUT2D eigenvalue weighted by atomic mass is 16.1. The van der Waals surface area contributed by atoms with Gasteiger partial charge < -0.3 is 15.2 Å². The molecule has 0 radical (unpaired) electrons. The third-order valence-corrected chi connectivity index (χ3v) is 3.86. The Morgan fingerprint density at radius 2 is 2.00 bits per heavy atom. The second-order valence-electron chi connectivity index (χ2n) is 5.36. The summed E-state index contributed by atoms with van der Waals surface area (Å²) < 4.78 is 1.91. The number of benzene rings is 1. The first-order valence-corrected chi connectivity index (χ1v) is 7.62. The Morgan fingerprint density at radius 3 is 2.68 bits per heavy atom. The van der Waals surface area contributed by atoms with Crippen LogP contribution in [0.4, 0.5) is 0 Å². The molecular formula is C16H21N5O. The fourth-order valence-corrected chi connectivity index (χ4v) is 2.56. The van der Waals surface area contributed by atoms with E-state index < -0.39 is 0 Å². The van der Waals surface area contributed by atoms with Crippen LogP contribution in [0, 0.1) is 0 Å². The number of carbonyl (C=O) groups is 1. The van der Waals surface area contributed by atoms with Crippen molar-refractivity contribution in [1.82, 2.24) is 25.1 Å². The number of piperazine rings is 1. The smallest absolute Gasteiger partial charge is 0.251 e. The molecule has 2 aromatic rings. The average molecular weight is 299 g/mol. The van der Waals surface area contributed by atoms with Gasteiger partial charge in [-0.15, -0.1) is 0 Å². The van der Waals surface area contributed by atoms with Crippen molar-refractivity contribution < 1.29 is 4.79 Å².